The molecule has 72 valence electrons. The van der Waals surface area contributed by atoms with Crippen LogP contribution in [-0.2, 0) is 11.3 Å². The first kappa shape index (κ1) is 9.85. The van der Waals surface area contributed by atoms with Gasteiger partial charge in [0.05, 0.1) is 6.10 Å². The highest BCUT2D eigenvalue weighted by Gasteiger charge is 2.01. The zero-order chi connectivity index (χ0) is 9.68. The van der Waals surface area contributed by atoms with Crippen molar-refractivity contribution in [3.8, 4) is 0 Å². The SMILES string of the molecule is CCC(C)OCc1ncnc(N)n1. The zero-order valence-electron chi connectivity index (χ0n) is 7.90. The van der Waals surface area contributed by atoms with Crippen LogP contribution in [0, 0.1) is 0 Å². The molecule has 2 N–H and O–H groups in total. The molecule has 0 saturated heterocycles. The van der Waals surface area contributed by atoms with E-state index < -0.39 is 0 Å². The molecule has 1 aromatic rings. The van der Waals surface area contributed by atoms with Gasteiger partial charge < -0.3 is 10.5 Å². The van der Waals surface area contributed by atoms with Crippen LogP contribution in [0.4, 0.5) is 5.95 Å². The Kier molecular flexibility index (Phi) is 3.57. The number of rotatable bonds is 4. The van der Waals surface area contributed by atoms with Crippen LogP contribution in [0.5, 0.6) is 0 Å². The lowest BCUT2D eigenvalue weighted by molar-refractivity contribution is 0.0467. The van der Waals surface area contributed by atoms with E-state index >= 15 is 0 Å². The van der Waals surface area contributed by atoms with E-state index in [9.17, 15) is 0 Å². The molecule has 0 aliphatic carbocycles. The first-order chi connectivity index (χ1) is 6.22. The summed E-state index contributed by atoms with van der Waals surface area (Å²) in [6, 6.07) is 0. The summed E-state index contributed by atoms with van der Waals surface area (Å²) in [7, 11) is 0. The van der Waals surface area contributed by atoms with Gasteiger partial charge in [-0.25, -0.2) is 9.97 Å². The molecule has 13 heavy (non-hydrogen) atoms. The van der Waals surface area contributed by atoms with Crippen molar-refractivity contribution in [1.82, 2.24) is 15.0 Å². The molecule has 0 amide bonds. The van der Waals surface area contributed by atoms with Crippen molar-refractivity contribution < 1.29 is 4.74 Å². The molecule has 5 nitrogen and oxygen atoms in total. The normalized spacial score (nSPS) is 12.8. The third-order valence-electron chi connectivity index (χ3n) is 1.71. The second-order valence-electron chi connectivity index (χ2n) is 2.79. The smallest absolute Gasteiger partial charge is 0.223 e. The Balaban J connectivity index is 2.45. The summed E-state index contributed by atoms with van der Waals surface area (Å²) in [5, 5.41) is 0. The van der Waals surface area contributed by atoms with Crippen LogP contribution in [0.2, 0.25) is 0 Å². The molecule has 0 radical (unpaired) electrons. The Morgan fingerprint density at radius 2 is 2.31 bits per heavy atom. The first-order valence-electron chi connectivity index (χ1n) is 4.27. The molecule has 1 aromatic heterocycles. The van der Waals surface area contributed by atoms with Gasteiger partial charge in [0.1, 0.15) is 12.9 Å². The summed E-state index contributed by atoms with van der Waals surface area (Å²) in [6.45, 7) is 4.46. The molecule has 5 heteroatoms. The first-order valence-corrected chi connectivity index (χ1v) is 4.27. The third kappa shape index (κ3) is 3.33. The Hall–Kier alpha value is -1.23. The minimum Gasteiger partial charge on any atom is -0.371 e. The largest absolute Gasteiger partial charge is 0.371 e. The predicted octanol–water partition coefficient (Wildman–Crippen LogP) is 0.769. The van der Waals surface area contributed by atoms with Crippen molar-refractivity contribution in [2.24, 2.45) is 0 Å². The highest BCUT2D eigenvalue weighted by molar-refractivity contribution is 5.11. The Bertz CT molecular complexity index is 266. The molecule has 0 spiro atoms. The molecule has 0 bridgehead atoms. The van der Waals surface area contributed by atoms with Crippen molar-refractivity contribution >= 4 is 5.95 Å². The van der Waals surface area contributed by atoms with Crippen LogP contribution >= 0.6 is 0 Å². The van der Waals surface area contributed by atoms with E-state index in [4.69, 9.17) is 10.5 Å². The number of anilines is 1. The van der Waals surface area contributed by atoms with Crippen LogP contribution in [0.15, 0.2) is 6.33 Å². The van der Waals surface area contributed by atoms with Crippen LogP contribution in [-0.4, -0.2) is 21.1 Å². The summed E-state index contributed by atoms with van der Waals surface area (Å²) in [4.78, 5) is 11.5. The fourth-order valence-corrected chi connectivity index (χ4v) is 0.749. The monoisotopic (exact) mass is 182 g/mol. The van der Waals surface area contributed by atoms with Crippen LogP contribution < -0.4 is 5.73 Å². The van der Waals surface area contributed by atoms with Gasteiger partial charge in [0, 0.05) is 0 Å². The summed E-state index contributed by atoms with van der Waals surface area (Å²) in [5.41, 5.74) is 5.38. The Morgan fingerprint density at radius 1 is 1.54 bits per heavy atom. The lowest BCUT2D eigenvalue weighted by Gasteiger charge is -2.08. The van der Waals surface area contributed by atoms with E-state index in [1.165, 1.54) is 6.33 Å². The summed E-state index contributed by atoms with van der Waals surface area (Å²) < 4.78 is 5.42. The molecule has 1 unspecified atom stereocenters. The van der Waals surface area contributed by atoms with Gasteiger partial charge in [-0.05, 0) is 13.3 Å². The number of nitrogens with two attached hydrogens (primary N) is 1. The number of hydrogen-bond acceptors (Lipinski definition) is 5. The minimum atomic E-state index is 0.220. The van der Waals surface area contributed by atoms with E-state index in [-0.39, 0.29) is 12.1 Å². The van der Waals surface area contributed by atoms with Gasteiger partial charge in [0.25, 0.3) is 0 Å². The van der Waals surface area contributed by atoms with Gasteiger partial charge in [-0.2, -0.15) is 4.98 Å². The molecular weight excluding hydrogens is 168 g/mol. The van der Waals surface area contributed by atoms with Gasteiger partial charge in [-0.15, -0.1) is 0 Å². The van der Waals surface area contributed by atoms with Crippen molar-refractivity contribution in [2.45, 2.75) is 33.0 Å². The van der Waals surface area contributed by atoms with Crippen molar-refractivity contribution in [3.63, 3.8) is 0 Å². The molecular formula is C8H14N4O. The van der Waals surface area contributed by atoms with Gasteiger partial charge in [0.2, 0.25) is 5.95 Å². The highest BCUT2D eigenvalue weighted by atomic mass is 16.5. The molecule has 1 heterocycles. The molecule has 1 atom stereocenters. The highest BCUT2D eigenvalue weighted by Crippen LogP contribution is 2.00. The maximum Gasteiger partial charge on any atom is 0.223 e. The fraction of sp³-hybridized carbons (Fsp3) is 0.625. The average Bonchev–Trinajstić information content (AvgIpc) is 2.14. The summed E-state index contributed by atoms with van der Waals surface area (Å²) >= 11 is 0. The number of nitrogen functional groups attached to an aromatic ring is 1. The van der Waals surface area contributed by atoms with Crippen LogP contribution in [0.1, 0.15) is 26.1 Å². The third-order valence-corrected chi connectivity index (χ3v) is 1.71. The number of aromatic nitrogens is 3. The van der Waals surface area contributed by atoms with E-state index in [1.807, 2.05) is 6.92 Å². The van der Waals surface area contributed by atoms with Crippen molar-refractivity contribution in [1.29, 1.82) is 0 Å². The standard InChI is InChI=1S/C8H14N4O/c1-3-6(2)13-4-7-10-5-11-8(9)12-7/h5-6H,3-4H2,1-2H3,(H2,9,10,11,12). The molecule has 0 aliphatic heterocycles. The summed E-state index contributed by atoms with van der Waals surface area (Å²) in [6.07, 6.45) is 2.58. The van der Waals surface area contributed by atoms with E-state index in [2.05, 4.69) is 21.9 Å². The van der Waals surface area contributed by atoms with Crippen molar-refractivity contribution in [3.05, 3.63) is 12.2 Å². The van der Waals surface area contributed by atoms with E-state index in [0.717, 1.165) is 6.42 Å². The fourth-order valence-electron chi connectivity index (χ4n) is 0.749. The molecule has 0 aliphatic rings. The minimum absolute atomic E-state index is 0.220. The molecule has 0 fully saturated rings. The maximum absolute atomic E-state index is 5.42. The maximum atomic E-state index is 5.42. The lowest BCUT2D eigenvalue weighted by Crippen LogP contribution is -2.09. The lowest BCUT2D eigenvalue weighted by atomic mass is 10.3. The Morgan fingerprint density at radius 3 is 2.92 bits per heavy atom. The number of ether oxygens (including phenoxy) is 1. The molecule has 1 rings (SSSR count). The van der Waals surface area contributed by atoms with Gasteiger partial charge in [0.15, 0.2) is 5.82 Å². The second-order valence-corrected chi connectivity index (χ2v) is 2.79. The molecule has 0 saturated carbocycles. The zero-order valence-corrected chi connectivity index (χ0v) is 7.90. The van der Waals surface area contributed by atoms with E-state index in [1.54, 1.807) is 0 Å². The topological polar surface area (TPSA) is 73.9 Å². The second kappa shape index (κ2) is 4.71. The predicted molar refractivity (Wildman–Crippen MR) is 48.8 cm³/mol. The number of nitrogens with zero attached hydrogens (tertiary/aromatic N) is 3. The molecule has 0 aromatic carbocycles. The average molecular weight is 182 g/mol. The van der Waals surface area contributed by atoms with Crippen molar-refractivity contribution in [2.75, 3.05) is 5.73 Å². The quantitative estimate of drug-likeness (QED) is 0.744. The van der Waals surface area contributed by atoms with Crippen LogP contribution in [0.3, 0.4) is 0 Å². The van der Waals surface area contributed by atoms with E-state index in [0.29, 0.717) is 12.4 Å². The number of hydrogen-bond donors (Lipinski definition) is 1. The van der Waals surface area contributed by atoms with Gasteiger partial charge >= 0.3 is 0 Å². The summed E-state index contributed by atoms with van der Waals surface area (Å²) in [5.74, 6) is 0.811. The van der Waals surface area contributed by atoms with Gasteiger partial charge in [-0.3, -0.25) is 0 Å². The van der Waals surface area contributed by atoms with Gasteiger partial charge in [-0.1, -0.05) is 6.92 Å². The van der Waals surface area contributed by atoms with Crippen LogP contribution in [0.25, 0.3) is 0 Å². The Labute approximate surface area is 77.4 Å².